The number of allylic oxidation sites excluding steroid dienone is 4. The van der Waals surface area contributed by atoms with Crippen LogP contribution in [0.5, 0.6) is 0 Å². The maximum atomic E-state index is 6.20. The lowest BCUT2D eigenvalue weighted by atomic mass is 9.91. The maximum absolute atomic E-state index is 6.20. The van der Waals surface area contributed by atoms with Gasteiger partial charge in [0.25, 0.3) is 0 Å². The van der Waals surface area contributed by atoms with Crippen molar-refractivity contribution in [3.8, 4) is 0 Å². The quantitative estimate of drug-likeness (QED) is 0.801. The van der Waals surface area contributed by atoms with Gasteiger partial charge in [0, 0.05) is 38.3 Å². The van der Waals surface area contributed by atoms with E-state index < -0.39 is 0 Å². The molecule has 1 aliphatic carbocycles. The number of hydrogen-bond donors (Lipinski definition) is 1. The SMILES string of the molecule is C[C@@H]1CCN(CC2=CC=CCC=C2)C[C@@H]1N(C)c1nc(Cl)nc2c1CCN2. The van der Waals surface area contributed by atoms with Gasteiger partial charge in [0.2, 0.25) is 5.28 Å². The van der Waals surface area contributed by atoms with Gasteiger partial charge in [-0.3, -0.25) is 4.90 Å². The van der Waals surface area contributed by atoms with E-state index in [0.29, 0.717) is 17.2 Å². The summed E-state index contributed by atoms with van der Waals surface area (Å²) in [7, 11) is 2.16. The summed E-state index contributed by atoms with van der Waals surface area (Å²) in [6, 6.07) is 0.417. The molecule has 4 rings (SSSR count). The molecule has 2 atom stereocenters. The molecule has 0 saturated carbocycles. The Morgan fingerprint density at radius 1 is 1.33 bits per heavy atom. The van der Waals surface area contributed by atoms with Crippen LogP contribution in [0.1, 0.15) is 25.3 Å². The van der Waals surface area contributed by atoms with Crippen molar-refractivity contribution in [2.45, 2.75) is 32.2 Å². The lowest BCUT2D eigenvalue weighted by molar-refractivity contribution is 0.178. The van der Waals surface area contributed by atoms with Gasteiger partial charge < -0.3 is 10.2 Å². The van der Waals surface area contributed by atoms with Gasteiger partial charge >= 0.3 is 0 Å². The number of piperidine rings is 1. The molecule has 144 valence electrons. The number of rotatable bonds is 4. The molecule has 3 aliphatic rings. The monoisotopic (exact) mass is 385 g/mol. The van der Waals surface area contributed by atoms with E-state index in [9.17, 15) is 0 Å². The molecule has 0 unspecified atom stereocenters. The van der Waals surface area contributed by atoms with Crippen LogP contribution < -0.4 is 10.2 Å². The van der Waals surface area contributed by atoms with Crippen LogP contribution in [0.2, 0.25) is 5.28 Å². The number of likely N-dealkylation sites (tertiary alicyclic amines) is 1. The Bertz CT molecular complexity index is 785. The van der Waals surface area contributed by atoms with Gasteiger partial charge in [-0.2, -0.15) is 0 Å². The highest BCUT2D eigenvalue weighted by molar-refractivity contribution is 6.28. The van der Waals surface area contributed by atoms with Gasteiger partial charge in [-0.15, -0.1) is 0 Å². The summed E-state index contributed by atoms with van der Waals surface area (Å²) in [5.74, 6) is 2.51. The molecule has 5 nitrogen and oxygen atoms in total. The third-order valence-electron chi connectivity index (χ3n) is 5.92. The van der Waals surface area contributed by atoms with Crippen molar-refractivity contribution >= 4 is 23.2 Å². The second-order valence-corrected chi connectivity index (χ2v) is 8.15. The number of likely N-dealkylation sites (N-methyl/N-ethyl adjacent to an activating group) is 1. The van der Waals surface area contributed by atoms with Gasteiger partial charge in [-0.1, -0.05) is 37.3 Å². The van der Waals surface area contributed by atoms with Crippen molar-refractivity contribution in [2.24, 2.45) is 5.92 Å². The van der Waals surface area contributed by atoms with Gasteiger partial charge in [0.05, 0.1) is 0 Å². The summed E-state index contributed by atoms with van der Waals surface area (Å²) in [6.07, 6.45) is 14.3. The number of nitrogens with zero attached hydrogens (tertiary/aromatic N) is 4. The van der Waals surface area contributed by atoms with Gasteiger partial charge in [0.15, 0.2) is 0 Å². The minimum atomic E-state index is 0.325. The average molecular weight is 386 g/mol. The molecule has 6 heteroatoms. The fraction of sp³-hybridized carbons (Fsp3) is 0.524. The highest BCUT2D eigenvalue weighted by atomic mass is 35.5. The molecule has 3 heterocycles. The minimum absolute atomic E-state index is 0.325. The third-order valence-corrected chi connectivity index (χ3v) is 6.09. The first-order chi connectivity index (χ1) is 13.1. The molecule has 0 aromatic carbocycles. The number of nitrogens with one attached hydrogen (secondary N) is 1. The van der Waals surface area contributed by atoms with Crippen LogP contribution >= 0.6 is 11.6 Å². The molecule has 0 amide bonds. The Hall–Kier alpha value is -1.85. The van der Waals surface area contributed by atoms with E-state index in [1.165, 1.54) is 17.6 Å². The van der Waals surface area contributed by atoms with Crippen LogP contribution in [0, 0.1) is 5.92 Å². The zero-order valence-electron chi connectivity index (χ0n) is 16.2. The van der Waals surface area contributed by atoms with E-state index in [4.69, 9.17) is 11.6 Å². The summed E-state index contributed by atoms with van der Waals surface area (Å²) < 4.78 is 0. The molecule has 1 N–H and O–H groups in total. The Kier molecular flexibility index (Phi) is 5.50. The number of aromatic nitrogens is 2. The molecule has 2 aliphatic heterocycles. The summed E-state index contributed by atoms with van der Waals surface area (Å²) in [6.45, 7) is 6.45. The second-order valence-electron chi connectivity index (χ2n) is 7.81. The molecule has 1 saturated heterocycles. The van der Waals surface area contributed by atoms with E-state index in [1.54, 1.807) is 0 Å². The fourth-order valence-electron chi connectivity index (χ4n) is 4.33. The first kappa shape index (κ1) is 18.5. The Labute approximate surface area is 166 Å². The maximum Gasteiger partial charge on any atom is 0.226 e. The Balaban J connectivity index is 1.52. The first-order valence-electron chi connectivity index (χ1n) is 9.89. The zero-order chi connectivity index (χ0) is 18.8. The topological polar surface area (TPSA) is 44.3 Å². The molecule has 0 radical (unpaired) electrons. The Morgan fingerprint density at radius 3 is 3.11 bits per heavy atom. The average Bonchev–Trinajstić information content (AvgIpc) is 2.97. The van der Waals surface area contributed by atoms with Gasteiger partial charge in [0.1, 0.15) is 11.6 Å². The van der Waals surface area contributed by atoms with Gasteiger partial charge in [-0.25, -0.2) is 9.97 Å². The van der Waals surface area contributed by atoms with Crippen LogP contribution in [-0.4, -0.2) is 54.1 Å². The largest absolute Gasteiger partial charge is 0.369 e. The highest BCUT2D eigenvalue weighted by Gasteiger charge is 2.32. The summed E-state index contributed by atoms with van der Waals surface area (Å²) in [4.78, 5) is 13.9. The van der Waals surface area contributed by atoms with E-state index in [-0.39, 0.29) is 0 Å². The molecule has 0 bridgehead atoms. The second kappa shape index (κ2) is 8.03. The zero-order valence-corrected chi connectivity index (χ0v) is 16.9. The third kappa shape index (κ3) is 4.04. The molecule has 27 heavy (non-hydrogen) atoms. The van der Waals surface area contributed by atoms with Crippen molar-refractivity contribution in [2.75, 3.05) is 43.4 Å². The molecule has 0 spiro atoms. The van der Waals surface area contributed by atoms with Crippen molar-refractivity contribution in [1.29, 1.82) is 0 Å². The van der Waals surface area contributed by atoms with Gasteiger partial charge in [-0.05, 0) is 48.9 Å². The van der Waals surface area contributed by atoms with Crippen LogP contribution in [-0.2, 0) is 6.42 Å². The van der Waals surface area contributed by atoms with Crippen molar-refractivity contribution < 1.29 is 0 Å². The van der Waals surface area contributed by atoms with Crippen molar-refractivity contribution in [3.63, 3.8) is 0 Å². The molecule has 1 aromatic rings. The number of fused-ring (bicyclic) bond motifs is 1. The van der Waals surface area contributed by atoms with Crippen LogP contribution in [0.3, 0.4) is 0 Å². The van der Waals surface area contributed by atoms with E-state index >= 15 is 0 Å². The summed E-state index contributed by atoms with van der Waals surface area (Å²) in [5.41, 5.74) is 2.58. The summed E-state index contributed by atoms with van der Waals surface area (Å²) in [5, 5.41) is 3.65. The number of anilines is 2. The van der Waals surface area contributed by atoms with Crippen LogP contribution in [0.4, 0.5) is 11.6 Å². The van der Waals surface area contributed by atoms with E-state index in [1.807, 2.05) is 0 Å². The number of hydrogen-bond acceptors (Lipinski definition) is 5. The fourth-order valence-corrected chi connectivity index (χ4v) is 4.49. The normalized spacial score (nSPS) is 24.9. The first-order valence-corrected chi connectivity index (χ1v) is 10.3. The minimum Gasteiger partial charge on any atom is -0.369 e. The number of halogens is 1. The van der Waals surface area contributed by atoms with Crippen LogP contribution in [0.15, 0.2) is 36.0 Å². The predicted molar refractivity (Wildman–Crippen MR) is 113 cm³/mol. The standard InChI is InChI=1S/C21H28ClN5/c1-15-10-12-27(13-16-7-5-3-4-6-8-16)14-18(15)26(2)20-17-9-11-23-19(17)24-21(22)25-20/h3,5-8,15,18H,4,9-14H2,1-2H3,(H,23,24,25)/t15-,18+/m1/s1. The molecule has 1 fully saturated rings. The summed E-state index contributed by atoms with van der Waals surface area (Å²) >= 11 is 6.20. The van der Waals surface area contributed by atoms with Crippen LogP contribution in [0.25, 0.3) is 0 Å². The molecule has 1 aromatic heterocycles. The molecular weight excluding hydrogens is 358 g/mol. The predicted octanol–water partition coefficient (Wildman–Crippen LogP) is 3.69. The highest BCUT2D eigenvalue weighted by Crippen LogP contribution is 2.33. The smallest absolute Gasteiger partial charge is 0.226 e. The van der Waals surface area contributed by atoms with E-state index in [0.717, 1.165) is 50.7 Å². The Morgan fingerprint density at radius 2 is 2.22 bits per heavy atom. The van der Waals surface area contributed by atoms with E-state index in [2.05, 4.69) is 69.4 Å². The lowest BCUT2D eigenvalue weighted by Gasteiger charge is -2.42. The van der Waals surface area contributed by atoms with Crippen molar-refractivity contribution in [3.05, 3.63) is 46.8 Å². The molecular formula is C21H28ClN5. The van der Waals surface area contributed by atoms with Crippen molar-refractivity contribution in [1.82, 2.24) is 14.9 Å². The lowest BCUT2D eigenvalue weighted by Crippen LogP contribution is -2.51.